The van der Waals surface area contributed by atoms with Crippen molar-refractivity contribution in [2.24, 2.45) is 5.92 Å². The fourth-order valence-electron chi connectivity index (χ4n) is 3.28. The van der Waals surface area contributed by atoms with Gasteiger partial charge in [0, 0.05) is 12.7 Å². The third-order valence-electron chi connectivity index (χ3n) is 4.73. The van der Waals surface area contributed by atoms with E-state index in [0.717, 1.165) is 28.1 Å². The summed E-state index contributed by atoms with van der Waals surface area (Å²) in [5, 5.41) is 2.92. The topological polar surface area (TPSA) is 58.6 Å². The number of ether oxygens (including phenoxy) is 1. The average molecular weight is 352 g/mol. The van der Waals surface area contributed by atoms with Gasteiger partial charge in [0.15, 0.2) is 0 Å². The summed E-state index contributed by atoms with van der Waals surface area (Å²) in [6, 6.07) is 13.6. The Morgan fingerprint density at radius 1 is 1.12 bits per heavy atom. The maximum Gasteiger partial charge on any atom is 0.243 e. The zero-order chi connectivity index (χ0) is 18.7. The van der Waals surface area contributed by atoms with Crippen molar-refractivity contribution in [1.82, 2.24) is 4.90 Å². The number of benzene rings is 2. The van der Waals surface area contributed by atoms with Gasteiger partial charge in [0.05, 0.1) is 12.5 Å². The van der Waals surface area contributed by atoms with E-state index in [1.54, 1.807) is 7.05 Å². The molecule has 0 spiro atoms. The van der Waals surface area contributed by atoms with Crippen molar-refractivity contribution in [1.29, 1.82) is 0 Å². The van der Waals surface area contributed by atoms with Crippen molar-refractivity contribution in [2.45, 2.75) is 20.3 Å². The van der Waals surface area contributed by atoms with Crippen LogP contribution in [0.2, 0.25) is 0 Å². The van der Waals surface area contributed by atoms with Gasteiger partial charge in [-0.05, 0) is 43.0 Å². The Balaban J connectivity index is 1.60. The van der Waals surface area contributed by atoms with Crippen LogP contribution in [0.3, 0.4) is 0 Å². The molecule has 0 aromatic heterocycles. The summed E-state index contributed by atoms with van der Waals surface area (Å²) in [5.74, 6) is 0.307. The third kappa shape index (κ3) is 3.87. The lowest BCUT2D eigenvalue weighted by Gasteiger charge is -2.28. The molecule has 1 N–H and O–H groups in total. The largest absolute Gasteiger partial charge is 0.492 e. The molecular formula is C21H24N2O3. The van der Waals surface area contributed by atoms with Crippen molar-refractivity contribution < 1.29 is 14.3 Å². The molecule has 3 rings (SSSR count). The van der Waals surface area contributed by atoms with Crippen LogP contribution in [0.1, 0.15) is 16.7 Å². The third-order valence-corrected chi connectivity index (χ3v) is 4.73. The molecule has 0 radical (unpaired) electrons. The molecule has 2 amide bonds. The standard InChI is InChI=1S/C21H24N2O3/c1-14-7-6-8-15(2)20(14)22-19(24)12-23(3)21(25)17-11-16-9-4-5-10-18(16)26-13-17/h4-10,17H,11-13H2,1-3H3,(H,22,24). The Kier molecular flexibility index (Phi) is 5.26. The molecule has 5 nitrogen and oxygen atoms in total. The first-order chi connectivity index (χ1) is 12.5. The smallest absolute Gasteiger partial charge is 0.243 e. The molecule has 2 aromatic rings. The molecule has 1 aliphatic heterocycles. The van der Waals surface area contributed by atoms with E-state index < -0.39 is 0 Å². The van der Waals surface area contributed by atoms with Crippen molar-refractivity contribution in [2.75, 3.05) is 25.5 Å². The van der Waals surface area contributed by atoms with Gasteiger partial charge in [0.1, 0.15) is 12.4 Å². The monoisotopic (exact) mass is 352 g/mol. The van der Waals surface area contributed by atoms with Gasteiger partial charge < -0.3 is 15.0 Å². The molecule has 26 heavy (non-hydrogen) atoms. The number of hydrogen-bond donors (Lipinski definition) is 1. The quantitative estimate of drug-likeness (QED) is 0.920. The predicted molar refractivity (Wildman–Crippen MR) is 101 cm³/mol. The zero-order valence-electron chi connectivity index (χ0n) is 15.4. The van der Waals surface area contributed by atoms with Gasteiger partial charge in [-0.1, -0.05) is 36.4 Å². The molecule has 0 bridgehead atoms. The number of hydrogen-bond acceptors (Lipinski definition) is 3. The lowest BCUT2D eigenvalue weighted by Crippen LogP contribution is -2.42. The first-order valence-corrected chi connectivity index (χ1v) is 8.77. The fourth-order valence-corrected chi connectivity index (χ4v) is 3.28. The number of nitrogens with zero attached hydrogens (tertiary/aromatic N) is 1. The summed E-state index contributed by atoms with van der Waals surface area (Å²) in [5.41, 5.74) is 3.85. The van der Waals surface area contributed by atoms with Crippen molar-refractivity contribution in [3.05, 3.63) is 59.2 Å². The molecule has 1 atom stereocenters. The summed E-state index contributed by atoms with van der Waals surface area (Å²) in [6.45, 7) is 4.27. The first-order valence-electron chi connectivity index (χ1n) is 8.77. The highest BCUT2D eigenvalue weighted by molar-refractivity contribution is 5.96. The van der Waals surface area contributed by atoms with Crippen LogP contribution in [0.15, 0.2) is 42.5 Å². The highest BCUT2D eigenvalue weighted by atomic mass is 16.5. The minimum absolute atomic E-state index is 0.0186. The number of anilines is 1. The van der Waals surface area contributed by atoms with Gasteiger partial charge in [0.25, 0.3) is 0 Å². The van der Waals surface area contributed by atoms with Gasteiger partial charge in [-0.3, -0.25) is 9.59 Å². The van der Waals surface area contributed by atoms with Crippen LogP contribution in [-0.2, 0) is 16.0 Å². The van der Waals surface area contributed by atoms with E-state index in [4.69, 9.17) is 4.74 Å². The van der Waals surface area contributed by atoms with Crippen molar-refractivity contribution >= 4 is 17.5 Å². The van der Waals surface area contributed by atoms with Gasteiger partial charge in [-0.25, -0.2) is 0 Å². The molecule has 0 saturated heterocycles. The number of amides is 2. The zero-order valence-corrected chi connectivity index (χ0v) is 15.4. The lowest BCUT2D eigenvalue weighted by atomic mass is 9.95. The van der Waals surface area contributed by atoms with Crippen LogP contribution in [0.25, 0.3) is 0 Å². The number of para-hydroxylation sites is 2. The van der Waals surface area contributed by atoms with Crippen LogP contribution >= 0.6 is 0 Å². The predicted octanol–water partition coefficient (Wildman–Crippen LogP) is 2.95. The van der Waals surface area contributed by atoms with E-state index in [1.165, 1.54) is 4.90 Å². The summed E-state index contributed by atoms with van der Waals surface area (Å²) >= 11 is 0. The minimum Gasteiger partial charge on any atom is -0.492 e. The van der Waals surface area contributed by atoms with Crippen molar-refractivity contribution in [3.63, 3.8) is 0 Å². The maximum atomic E-state index is 12.7. The fraction of sp³-hybridized carbons (Fsp3) is 0.333. The highest BCUT2D eigenvalue weighted by Gasteiger charge is 2.28. The average Bonchev–Trinajstić information content (AvgIpc) is 2.63. The Bertz CT molecular complexity index is 812. The van der Waals surface area contributed by atoms with Gasteiger partial charge in [-0.15, -0.1) is 0 Å². The number of carbonyl (C=O) groups excluding carboxylic acids is 2. The van der Waals surface area contributed by atoms with Gasteiger partial charge in [0.2, 0.25) is 11.8 Å². The van der Waals surface area contributed by atoms with E-state index in [-0.39, 0.29) is 24.3 Å². The molecule has 0 saturated carbocycles. The van der Waals surface area contributed by atoms with Gasteiger partial charge >= 0.3 is 0 Å². The van der Waals surface area contributed by atoms with Crippen LogP contribution < -0.4 is 10.1 Å². The second kappa shape index (κ2) is 7.60. The first kappa shape index (κ1) is 18.0. The molecule has 136 valence electrons. The Labute approximate surface area is 154 Å². The van der Waals surface area contributed by atoms with Crippen LogP contribution in [0, 0.1) is 19.8 Å². The van der Waals surface area contributed by atoms with E-state index in [9.17, 15) is 9.59 Å². The van der Waals surface area contributed by atoms with Gasteiger partial charge in [-0.2, -0.15) is 0 Å². The molecule has 0 fully saturated rings. The number of aryl methyl sites for hydroxylation is 2. The van der Waals surface area contributed by atoms with Crippen molar-refractivity contribution in [3.8, 4) is 5.75 Å². The van der Waals surface area contributed by atoms with E-state index in [1.807, 2.05) is 56.3 Å². The molecule has 5 heteroatoms. The van der Waals surface area contributed by atoms with Crippen LogP contribution in [0.5, 0.6) is 5.75 Å². The Hall–Kier alpha value is -2.82. The SMILES string of the molecule is Cc1cccc(C)c1NC(=O)CN(C)C(=O)C1COc2ccccc2C1. The second-order valence-electron chi connectivity index (χ2n) is 6.83. The molecule has 1 aliphatic rings. The maximum absolute atomic E-state index is 12.7. The highest BCUT2D eigenvalue weighted by Crippen LogP contribution is 2.27. The summed E-state index contributed by atoms with van der Waals surface area (Å²) in [6.07, 6.45) is 0.637. The number of likely N-dealkylation sites (N-methyl/N-ethyl adjacent to an activating group) is 1. The Morgan fingerprint density at radius 3 is 2.54 bits per heavy atom. The van der Waals surface area contributed by atoms with E-state index in [2.05, 4.69) is 5.32 Å². The Morgan fingerprint density at radius 2 is 1.81 bits per heavy atom. The summed E-state index contributed by atoms with van der Waals surface area (Å²) in [7, 11) is 1.66. The normalized spacial score (nSPS) is 15.6. The van der Waals surface area contributed by atoms with Crippen LogP contribution in [-0.4, -0.2) is 36.9 Å². The second-order valence-corrected chi connectivity index (χ2v) is 6.83. The van der Waals surface area contributed by atoms with Crippen LogP contribution in [0.4, 0.5) is 5.69 Å². The summed E-state index contributed by atoms with van der Waals surface area (Å²) < 4.78 is 5.69. The lowest BCUT2D eigenvalue weighted by molar-refractivity contribution is -0.138. The number of rotatable bonds is 4. The molecule has 0 aliphatic carbocycles. The number of carbonyl (C=O) groups is 2. The molecule has 1 heterocycles. The minimum atomic E-state index is -0.261. The number of fused-ring (bicyclic) bond motifs is 1. The summed E-state index contributed by atoms with van der Waals surface area (Å²) in [4.78, 5) is 26.5. The molecular weight excluding hydrogens is 328 g/mol. The van der Waals surface area contributed by atoms with E-state index in [0.29, 0.717) is 13.0 Å². The molecule has 1 unspecified atom stereocenters. The molecule has 2 aromatic carbocycles. The van der Waals surface area contributed by atoms with E-state index >= 15 is 0 Å². The number of nitrogens with one attached hydrogen (secondary N) is 1.